The fourth-order valence-electron chi connectivity index (χ4n) is 5.57. The summed E-state index contributed by atoms with van der Waals surface area (Å²) < 4.78 is 27.2. The van der Waals surface area contributed by atoms with E-state index in [2.05, 4.69) is 4.90 Å². The normalized spacial score (nSPS) is 22.9. The Morgan fingerprint density at radius 1 is 0.906 bits per heavy atom. The quantitative estimate of drug-likeness (QED) is 0.735. The largest absolute Gasteiger partial charge is 0.332 e. The van der Waals surface area contributed by atoms with Crippen LogP contribution >= 0.6 is 0 Å². The minimum absolute atomic E-state index is 0.0292. The molecule has 5 rings (SSSR count). The lowest BCUT2D eigenvalue weighted by molar-refractivity contribution is -0.142. The average Bonchev–Trinajstić information content (AvgIpc) is 3.40. The summed E-state index contributed by atoms with van der Waals surface area (Å²) >= 11 is 0. The van der Waals surface area contributed by atoms with Gasteiger partial charge >= 0.3 is 0 Å². The van der Waals surface area contributed by atoms with Crippen LogP contribution in [0.3, 0.4) is 0 Å². The average molecular weight is 440 g/mol. The number of fused-ring (bicyclic) bond motifs is 1. The molecule has 0 unspecified atom stereocenters. The topological polar surface area (TPSA) is 43.9 Å². The van der Waals surface area contributed by atoms with E-state index in [0.29, 0.717) is 36.8 Å². The number of carbonyl (C=O) groups excluding carboxylic acids is 2. The van der Waals surface area contributed by atoms with Gasteiger partial charge in [-0.25, -0.2) is 8.78 Å². The van der Waals surface area contributed by atoms with Crippen molar-refractivity contribution in [3.63, 3.8) is 0 Å². The Balaban J connectivity index is 1.39. The zero-order valence-electron chi connectivity index (χ0n) is 18.0. The first-order valence-corrected chi connectivity index (χ1v) is 11.3. The van der Waals surface area contributed by atoms with Crippen LogP contribution in [0.25, 0.3) is 0 Å². The van der Waals surface area contributed by atoms with Crippen molar-refractivity contribution < 1.29 is 18.4 Å². The number of hydrogen-bond acceptors (Lipinski definition) is 3. The zero-order valence-corrected chi connectivity index (χ0v) is 18.0. The summed E-state index contributed by atoms with van der Waals surface area (Å²) in [5, 5.41) is 0. The molecule has 3 aliphatic rings. The highest BCUT2D eigenvalue weighted by molar-refractivity contribution is 5.96. The van der Waals surface area contributed by atoms with Crippen LogP contribution in [0.1, 0.15) is 36.8 Å². The molecule has 0 aromatic heterocycles. The molecule has 0 spiro atoms. The molecular weight excluding hydrogens is 412 g/mol. The lowest BCUT2D eigenvalue weighted by atomic mass is 9.73. The van der Waals surface area contributed by atoms with E-state index >= 15 is 0 Å². The molecule has 168 valence electrons. The number of rotatable bonds is 4. The Labute approximate surface area is 186 Å². The van der Waals surface area contributed by atoms with Crippen LogP contribution in [0, 0.1) is 11.6 Å². The maximum Gasteiger partial charge on any atom is 0.243 e. The first kappa shape index (κ1) is 21.1. The van der Waals surface area contributed by atoms with Crippen molar-refractivity contribution in [2.24, 2.45) is 0 Å². The Kier molecular flexibility index (Phi) is 5.45. The van der Waals surface area contributed by atoms with Crippen LogP contribution in [0.5, 0.6) is 0 Å². The van der Waals surface area contributed by atoms with Crippen LogP contribution in [0.4, 0.5) is 8.78 Å². The molecular formula is C25H27F2N3O2. The van der Waals surface area contributed by atoms with Crippen molar-refractivity contribution >= 4 is 11.8 Å². The van der Waals surface area contributed by atoms with Crippen molar-refractivity contribution in [3.05, 3.63) is 71.3 Å². The molecule has 3 saturated heterocycles. The number of hydrogen-bond donors (Lipinski definition) is 0. The van der Waals surface area contributed by atoms with E-state index < -0.39 is 5.41 Å². The van der Waals surface area contributed by atoms with Gasteiger partial charge in [0.15, 0.2) is 0 Å². The van der Waals surface area contributed by atoms with E-state index in [1.807, 2.05) is 4.90 Å². The third-order valence-electron chi connectivity index (χ3n) is 7.35. The Hall–Kier alpha value is -2.80. The molecule has 32 heavy (non-hydrogen) atoms. The molecule has 0 N–H and O–H groups in total. The number of likely N-dealkylation sites (tertiary alicyclic amines) is 1. The molecule has 5 nitrogen and oxygen atoms in total. The van der Waals surface area contributed by atoms with E-state index in [0.717, 1.165) is 19.5 Å². The summed E-state index contributed by atoms with van der Waals surface area (Å²) in [7, 11) is 0. The molecule has 2 amide bonds. The number of amides is 2. The van der Waals surface area contributed by atoms with E-state index in [9.17, 15) is 18.4 Å². The molecule has 0 radical (unpaired) electrons. The summed E-state index contributed by atoms with van der Waals surface area (Å²) in [6, 6.07) is 12.4. The summed E-state index contributed by atoms with van der Waals surface area (Å²) in [5.74, 6) is -1.01. The van der Waals surface area contributed by atoms with Crippen LogP contribution in [0.15, 0.2) is 48.5 Å². The second-order valence-corrected chi connectivity index (χ2v) is 9.09. The fraction of sp³-hybridized carbons (Fsp3) is 0.440. The predicted octanol–water partition coefficient (Wildman–Crippen LogP) is 3.14. The summed E-state index contributed by atoms with van der Waals surface area (Å²) in [6.07, 6.45) is 3.80. The monoisotopic (exact) mass is 439 g/mol. The summed E-state index contributed by atoms with van der Waals surface area (Å²) in [6.45, 7) is 2.83. The molecule has 3 heterocycles. The molecule has 0 aliphatic carbocycles. The van der Waals surface area contributed by atoms with Crippen molar-refractivity contribution in [2.75, 3.05) is 32.8 Å². The van der Waals surface area contributed by atoms with Crippen LogP contribution in [-0.2, 0) is 15.0 Å². The van der Waals surface area contributed by atoms with Gasteiger partial charge in [0.05, 0.1) is 13.2 Å². The first-order valence-electron chi connectivity index (χ1n) is 11.3. The van der Waals surface area contributed by atoms with Crippen molar-refractivity contribution in [1.29, 1.82) is 0 Å². The van der Waals surface area contributed by atoms with Crippen molar-refractivity contribution in [2.45, 2.75) is 37.1 Å². The predicted molar refractivity (Wildman–Crippen MR) is 116 cm³/mol. The molecule has 0 saturated carbocycles. The molecule has 2 aromatic carbocycles. The van der Waals surface area contributed by atoms with Crippen LogP contribution in [0.2, 0.25) is 0 Å². The Morgan fingerprint density at radius 3 is 2.16 bits per heavy atom. The summed E-state index contributed by atoms with van der Waals surface area (Å²) in [5.41, 5.74) is 0.260. The third kappa shape index (κ3) is 3.58. The minimum Gasteiger partial charge on any atom is -0.332 e. The van der Waals surface area contributed by atoms with Gasteiger partial charge in [-0.2, -0.15) is 0 Å². The van der Waals surface area contributed by atoms with E-state index in [-0.39, 0.29) is 30.0 Å². The van der Waals surface area contributed by atoms with Gasteiger partial charge in [-0.05, 0) is 61.1 Å². The van der Waals surface area contributed by atoms with Gasteiger partial charge in [-0.15, -0.1) is 0 Å². The number of benzene rings is 2. The second kappa shape index (κ2) is 8.28. The molecule has 3 aliphatic heterocycles. The SMILES string of the molecule is O=C(CN1CCC(c2ccc(F)cc2)(c2ccc(F)cc2)C1=O)N1CC[C@H]2CCCN2C1. The van der Waals surface area contributed by atoms with E-state index in [4.69, 9.17) is 0 Å². The molecule has 2 aromatic rings. The first-order chi connectivity index (χ1) is 15.5. The standard InChI is InChI=1S/C25H27F2N3O2/c26-20-7-3-18(4-8-20)25(19-5-9-21(27)10-6-19)12-15-28(24(25)32)16-23(31)30-14-11-22-2-1-13-29(22)17-30/h3-10,22H,1-2,11-17H2/t22-/m1/s1. The second-order valence-electron chi connectivity index (χ2n) is 9.09. The number of carbonyl (C=O) groups is 2. The third-order valence-corrected chi connectivity index (χ3v) is 7.35. The van der Waals surface area contributed by atoms with Crippen molar-refractivity contribution in [3.8, 4) is 0 Å². The van der Waals surface area contributed by atoms with Gasteiger partial charge in [-0.1, -0.05) is 24.3 Å². The van der Waals surface area contributed by atoms with Crippen LogP contribution in [-0.4, -0.2) is 65.4 Å². The maximum atomic E-state index is 13.8. The smallest absolute Gasteiger partial charge is 0.243 e. The lowest BCUT2D eigenvalue weighted by Crippen LogP contribution is -2.52. The van der Waals surface area contributed by atoms with Crippen molar-refractivity contribution in [1.82, 2.24) is 14.7 Å². The molecule has 0 bridgehead atoms. The molecule has 3 fully saturated rings. The van der Waals surface area contributed by atoms with Gasteiger partial charge < -0.3 is 9.80 Å². The summed E-state index contributed by atoms with van der Waals surface area (Å²) in [4.78, 5) is 32.6. The van der Waals surface area contributed by atoms with Gasteiger partial charge in [0.1, 0.15) is 17.0 Å². The highest BCUT2D eigenvalue weighted by Crippen LogP contribution is 2.42. The van der Waals surface area contributed by atoms with E-state index in [1.54, 1.807) is 29.2 Å². The highest BCUT2D eigenvalue weighted by Gasteiger charge is 2.50. The van der Waals surface area contributed by atoms with Gasteiger partial charge in [0.25, 0.3) is 0 Å². The van der Waals surface area contributed by atoms with Gasteiger partial charge in [0, 0.05) is 25.7 Å². The zero-order chi connectivity index (χ0) is 22.3. The Bertz CT molecular complexity index is 963. The maximum absolute atomic E-state index is 13.8. The minimum atomic E-state index is -1.05. The van der Waals surface area contributed by atoms with Gasteiger partial charge in [-0.3, -0.25) is 14.5 Å². The lowest BCUT2D eigenvalue weighted by Gasteiger charge is -2.38. The molecule has 7 heteroatoms. The highest BCUT2D eigenvalue weighted by atomic mass is 19.1. The molecule has 1 atom stereocenters. The fourth-order valence-corrected chi connectivity index (χ4v) is 5.57. The number of halogens is 2. The van der Waals surface area contributed by atoms with Gasteiger partial charge in [0.2, 0.25) is 11.8 Å². The number of nitrogens with zero attached hydrogens (tertiary/aromatic N) is 3. The van der Waals surface area contributed by atoms with E-state index in [1.165, 1.54) is 37.1 Å². The van der Waals surface area contributed by atoms with Crippen LogP contribution < -0.4 is 0 Å². The Morgan fingerprint density at radius 2 is 1.53 bits per heavy atom.